The topological polar surface area (TPSA) is 26.0 Å². The minimum absolute atomic E-state index is 0.132. The van der Waals surface area contributed by atoms with Crippen LogP contribution in [0.5, 0.6) is 0 Å². The van der Waals surface area contributed by atoms with Crippen molar-refractivity contribution < 1.29 is 0 Å². The maximum Gasteiger partial charge on any atom is 0.0233 e. The van der Waals surface area contributed by atoms with Crippen LogP contribution in [-0.4, -0.2) is 5.54 Å². The van der Waals surface area contributed by atoms with E-state index in [0.717, 1.165) is 6.42 Å². The fraction of sp³-hybridized carbons (Fsp3) is 0.500. The first-order valence-electron chi connectivity index (χ1n) is 4.84. The molecule has 0 aromatic heterocycles. The molecule has 0 atom stereocenters. The van der Waals surface area contributed by atoms with Gasteiger partial charge in [0, 0.05) is 10.0 Å². The highest BCUT2D eigenvalue weighted by molar-refractivity contribution is 9.10. The van der Waals surface area contributed by atoms with E-state index >= 15 is 0 Å². The third-order valence-electron chi connectivity index (χ3n) is 2.16. The Balaban J connectivity index is 3.02. The lowest BCUT2D eigenvalue weighted by atomic mass is 9.94. The fourth-order valence-electron chi connectivity index (χ4n) is 1.66. The molecule has 1 rings (SSSR count). The minimum atomic E-state index is -0.132. The Morgan fingerprint density at radius 3 is 2.00 bits per heavy atom. The van der Waals surface area contributed by atoms with E-state index in [1.54, 1.807) is 0 Å². The Morgan fingerprint density at radius 2 is 1.64 bits per heavy atom. The molecule has 0 amide bonds. The summed E-state index contributed by atoms with van der Waals surface area (Å²) in [6, 6.07) is 4.40. The Morgan fingerprint density at radius 1 is 1.21 bits per heavy atom. The number of benzene rings is 1. The van der Waals surface area contributed by atoms with Crippen LogP contribution in [0.15, 0.2) is 16.6 Å². The molecule has 2 N–H and O–H groups in total. The van der Waals surface area contributed by atoms with Gasteiger partial charge in [-0.2, -0.15) is 0 Å². The van der Waals surface area contributed by atoms with Crippen molar-refractivity contribution >= 4 is 15.9 Å². The lowest BCUT2D eigenvalue weighted by Crippen LogP contribution is -2.34. The van der Waals surface area contributed by atoms with Gasteiger partial charge < -0.3 is 5.73 Å². The van der Waals surface area contributed by atoms with E-state index in [1.165, 1.54) is 21.2 Å². The molecular weight excluding hydrogens is 238 g/mol. The molecule has 0 saturated carbocycles. The molecule has 0 radical (unpaired) electrons. The second kappa shape index (κ2) is 4.03. The molecule has 14 heavy (non-hydrogen) atoms. The van der Waals surface area contributed by atoms with Gasteiger partial charge in [0.15, 0.2) is 0 Å². The van der Waals surface area contributed by atoms with E-state index in [2.05, 4.69) is 55.8 Å². The van der Waals surface area contributed by atoms with E-state index in [0.29, 0.717) is 0 Å². The molecular formula is C12H18BrN. The first-order chi connectivity index (χ1) is 6.29. The van der Waals surface area contributed by atoms with Crippen LogP contribution in [0.3, 0.4) is 0 Å². The summed E-state index contributed by atoms with van der Waals surface area (Å²) in [4.78, 5) is 0. The van der Waals surface area contributed by atoms with E-state index in [9.17, 15) is 0 Å². The van der Waals surface area contributed by atoms with Crippen LogP contribution in [0.4, 0.5) is 0 Å². The fourth-order valence-corrected chi connectivity index (χ4v) is 1.89. The average molecular weight is 256 g/mol. The number of halogens is 1. The minimum Gasteiger partial charge on any atom is -0.325 e. The predicted octanol–water partition coefficient (Wildman–Crippen LogP) is 3.35. The van der Waals surface area contributed by atoms with Gasteiger partial charge in [-0.15, -0.1) is 0 Å². The van der Waals surface area contributed by atoms with Crippen molar-refractivity contribution in [2.45, 2.75) is 39.7 Å². The summed E-state index contributed by atoms with van der Waals surface area (Å²) in [5, 5.41) is 0. The van der Waals surface area contributed by atoms with Crippen molar-refractivity contribution in [3.05, 3.63) is 33.3 Å². The summed E-state index contributed by atoms with van der Waals surface area (Å²) in [6.45, 7) is 8.34. The summed E-state index contributed by atoms with van der Waals surface area (Å²) in [5.74, 6) is 0. The van der Waals surface area contributed by atoms with Crippen LogP contribution in [0.1, 0.15) is 30.5 Å². The van der Waals surface area contributed by atoms with E-state index in [4.69, 9.17) is 5.73 Å². The molecule has 0 aliphatic carbocycles. The number of hydrogen-bond acceptors (Lipinski definition) is 1. The molecule has 0 aliphatic rings. The molecule has 78 valence electrons. The Hall–Kier alpha value is -0.340. The summed E-state index contributed by atoms with van der Waals surface area (Å²) in [5.41, 5.74) is 9.74. The maximum atomic E-state index is 5.99. The van der Waals surface area contributed by atoms with Gasteiger partial charge in [-0.05, 0) is 50.8 Å². The number of aryl methyl sites for hydroxylation is 2. The molecule has 1 aromatic carbocycles. The first kappa shape index (κ1) is 11.7. The summed E-state index contributed by atoms with van der Waals surface area (Å²) >= 11 is 3.56. The number of rotatable bonds is 2. The Kier molecular flexibility index (Phi) is 3.38. The van der Waals surface area contributed by atoms with Gasteiger partial charge in [0.1, 0.15) is 0 Å². The van der Waals surface area contributed by atoms with Crippen molar-refractivity contribution in [1.29, 1.82) is 0 Å². The van der Waals surface area contributed by atoms with Gasteiger partial charge in [-0.3, -0.25) is 0 Å². The molecule has 0 fully saturated rings. The summed E-state index contributed by atoms with van der Waals surface area (Å²) < 4.78 is 1.20. The monoisotopic (exact) mass is 255 g/mol. The van der Waals surface area contributed by atoms with Crippen molar-refractivity contribution in [1.82, 2.24) is 0 Å². The maximum absolute atomic E-state index is 5.99. The van der Waals surface area contributed by atoms with E-state index in [1.807, 2.05) is 0 Å². The molecule has 1 aromatic rings. The molecule has 0 aliphatic heterocycles. The quantitative estimate of drug-likeness (QED) is 0.862. The highest BCUT2D eigenvalue weighted by atomic mass is 79.9. The van der Waals surface area contributed by atoms with Crippen molar-refractivity contribution in [3.63, 3.8) is 0 Å². The highest BCUT2D eigenvalue weighted by Gasteiger charge is 2.12. The van der Waals surface area contributed by atoms with Crippen molar-refractivity contribution in [3.8, 4) is 0 Å². The largest absolute Gasteiger partial charge is 0.325 e. The van der Waals surface area contributed by atoms with Gasteiger partial charge in [-0.1, -0.05) is 28.1 Å². The molecule has 0 heterocycles. The zero-order valence-electron chi connectivity index (χ0n) is 9.32. The van der Waals surface area contributed by atoms with E-state index < -0.39 is 0 Å². The molecule has 0 unspecified atom stereocenters. The van der Waals surface area contributed by atoms with Gasteiger partial charge in [-0.25, -0.2) is 0 Å². The molecule has 0 saturated heterocycles. The summed E-state index contributed by atoms with van der Waals surface area (Å²) in [7, 11) is 0. The van der Waals surface area contributed by atoms with E-state index in [-0.39, 0.29) is 5.54 Å². The Bertz CT molecular complexity index is 314. The zero-order chi connectivity index (χ0) is 10.9. The van der Waals surface area contributed by atoms with Crippen LogP contribution < -0.4 is 5.73 Å². The van der Waals surface area contributed by atoms with Crippen molar-refractivity contribution in [2.24, 2.45) is 5.73 Å². The standard InChI is InChI=1S/C12H18BrN/c1-8-5-10(7-12(3,4)14)6-9(2)11(8)13/h5-6H,7,14H2,1-4H3. The van der Waals surface area contributed by atoms with Crippen LogP contribution in [-0.2, 0) is 6.42 Å². The highest BCUT2D eigenvalue weighted by Crippen LogP contribution is 2.24. The first-order valence-corrected chi connectivity index (χ1v) is 5.63. The SMILES string of the molecule is Cc1cc(CC(C)(C)N)cc(C)c1Br. The molecule has 0 bridgehead atoms. The number of hydrogen-bond donors (Lipinski definition) is 1. The molecule has 1 nitrogen and oxygen atoms in total. The van der Waals surface area contributed by atoms with Gasteiger partial charge >= 0.3 is 0 Å². The van der Waals surface area contributed by atoms with Gasteiger partial charge in [0.2, 0.25) is 0 Å². The third-order valence-corrected chi connectivity index (χ3v) is 3.41. The smallest absolute Gasteiger partial charge is 0.0233 e. The van der Waals surface area contributed by atoms with Gasteiger partial charge in [0.25, 0.3) is 0 Å². The lowest BCUT2D eigenvalue weighted by molar-refractivity contribution is 0.516. The second-order valence-electron chi connectivity index (χ2n) is 4.71. The molecule has 0 spiro atoms. The van der Waals surface area contributed by atoms with Gasteiger partial charge in [0.05, 0.1) is 0 Å². The lowest BCUT2D eigenvalue weighted by Gasteiger charge is -2.19. The normalized spacial score (nSPS) is 11.9. The van der Waals surface area contributed by atoms with Crippen LogP contribution >= 0.6 is 15.9 Å². The second-order valence-corrected chi connectivity index (χ2v) is 5.50. The van der Waals surface area contributed by atoms with Crippen molar-refractivity contribution in [2.75, 3.05) is 0 Å². The predicted molar refractivity (Wildman–Crippen MR) is 65.6 cm³/mol. The Labute approximate surface area is 94.8 Å². The summed E-state index contributed by atoms with van der Waals surface area (Å²) in [6.07, 6.45) is 0.919. The number of nitrogens with two attached hydrogens (primary N) is 1. The molecule has 2 heteroatoms. The average Bonchev–Trinajstić information content (AvgIpc) is 1.96. The van der Waals surface area contributed by atoms with Crippen LogP contribution in [0, 0.1) is 13.8 Å². The third kappa shape index (κ3) is 3.10. The zero-order valence-corrected chi connectivity index (χ0v) is 10.9. The van der Waals surface area contributed by atoms with Crippen LogP contribution in [0.2, 0.25) is 0 Å². The van der Waals surface area contributed by atoms with Crippen LogP contribution in [0.25, 0.3) is 0 Å².